The Morgan fingerprint density at radius 1 is 1.09 bits per heavy atom. The molecule has 0 saturated carbocycles. The lowest BCUT2D eigenvalue weighted by atomic mass is 9.92. The number of halogens is 6. The molecule has 14 heteroatoms. The van der Waals surface area contributed by atoms with Crippen LogP contribution in [-0.2, 0) is 31.5 Å². The van der Waals surface area contributed by atoms with Gasteiger partial charge in [0.1, 0.15) is 6.04 Å². The van der Waals surface area contributed by atoms with Crippen molar-refractivity contribution in [3.05, 3.63) is 59.2 Å². The number of benzene rings is 2. The van der Waals surface area contributed by atoms with Crippen molar-refractivity contribution in [2.24, 2.45) is 0 Å². The van der Waals surface area contributed by atoms with E-state index in [1.165, 1.54) is 25.3 Å². The van der Waals surface area contributed by atoms with E-state index in [0.29, 0.717) is 23.3 Å². The number of carbonyl (C=O) groups excluding carboxylic acids is 1. The maximum absolute atomic E-state index is 13.0. The first kappa shape index (κ1) is 26.9. The van der Waals surface area contributed by atoms with E-state index in [2.05, 4.69) is 10.6 Å². The van der Waals surface area contributed by atoms with Crippen molar-refractivity contribution < 1.29 is 49.4 Å². The third kappa shape index (κ3) is 5.15. The number of carbonyl (C=O) groups is 1. The molecule has 1 aliphatic rings. The van der Waals surface area contributed by atoms with E-state index in [4.69, 9.17) is 4.74 Å². The van der Waals surface area contributed by atoms with Crippen molar-refractivity contribution in [3.8, 4) is 0 Å². The van der Waals surface area contributed by atoms with Crippen LogP contribution in [-0.4, -0.2) is 51.3 Å². The van der Waals surface area contributed by atoms with Crippen LogP contribution in [0.3, 0.4) is 0 Å². The van der Waals surface area contributed by atoms with Gasteiger partial charge in [0.25, 0.3) is 5.60 Å². The smallest absolute Gasteiger partial charge is 0.384 e. The minimum atomic E-state index is -6.02. The Bertz CT molecular complexity index is 1180. The fraction of sp³-hybridized carbons (Fsp3) is 0.381. The fourth-order valence-electron chi connectivity index (χ4n) is 3.57. The van der Waals surface area contributed by atoms with Crippen molar-refractivity contribution in [1.29, 1.82) is 0 Å². The van der Waals surface area contributed by atoms with Crippen LogP contribution in [0.15, 0.2) is 47.4 Å². The van der Waals surface area contributed by atoms with Gasteiger partial charge in [0.15, 0.2) is 9.84 Å². The molecule has 2 aromatic carbocycles. The molecular formula is C21H20F6N2O5S. The molecule has 1 atom stereocenters. The zero-order valence-corrected chi connectivity index (χ0v) is 18.8. The number of anilines is 1. The lowest BCUT2D eigenvalue weighted by Crippen LogP contribution is -2.53. The predicted octanol–water partition coefficient (Wildman–Crippen LogP) is 3.20. The van der Waals surface area contributed by atoms with Crippen LogP contribution in [0, 0.1) is 0 Å². The molecule has 2 aromatic rings. The van der Waals surface area contributed by atoms with Gasteiger partial charge >= 0.3 is 12.4 Å². The van der Waals surface area contributed by atoms with Crippen LogP contribution >= 0.6 is 0 Å². The summed E-state index contributed by atoms with van der Waals surface area (Å²) in [7, 11) is -2.23. The number of ether oxygens (including phenoxy) is 1. The lowest BCUT2D eigenvalue weighted by Gasteiger charge is -2.32. The largest absolute Gasteiger partial charge is 0.430 e. The van der Waals surface area contributed by atoms with Gasteiger partial charge in [0, 0.05) is 24.9 Å². The number of hydrogen-bond acceptors (Lipinski definition) is 6. The summed E-state index contributed by atoms with van der Waals surface area (Å²) in [5, 5.41) is 14.7. The molecule has 0 bridgehead atoms. The number of amides is 1. The van der Waals surface area contributed by atoms with Crippen molar-refractivity contribution in [1.82, 2.24) is 5.32 Å². The summed E-state index contributed by atoms with van der Waals surface area (Å²) >= 11 is 0. The average Bonchev–Trinajstić information content (AvgIpc) is 3.19. The molecule has 0 fully saturated rings. The molecular weight excluding hydrogens is 506 g/mol. The number of fused-ring (bicyclic) bond motifs is 1. The summed E-state index contributed by atoms with van der Waals surface area (Å²) in [5.41, 5.74) is -5.63. The number of sulfone groups is 1. The van der Waals surface area contributed by atoms with Crippen molar-refractivity contribution in [2.45, 2.75) is 35.4 Å². The topological polar surface area (TPSA) is 105 Å². The van der Waals surface area contributed by atoms with Crippen molar-refractivity contribution in [2.75, 3.05) is 24.8 Å². The summed E-state index contributed by atoms with van der Waals surface area (Å²) in [6.45, 7) is 0.162. The summed E-state index contributed by atoms with van der Waals surface area (Å²) < 4.78 is 108. The molecule has 192 valence electrons. The monoisotopic (exact) mass is 526 g/mol. The Kier molecular flexibility index (Phi) is 7.24. The van der Waals surface area contributed by atoms with Gasteiger partial charge in [-0.1, -0.05) is 18.2 Å². The Hall–Kier alpha value is -2.68. The number of aliphatic hydroxyl groups is 1. The highest BCUT2D eigenvalue weighted by Crippen LogP contribution is 2.50. The number of methoxy groups -OCH3 is 1. The molecule has 3 N–H and O–H groups in total. The summed E-state index contributed by atoms with van der Waals surface area (Å²) in [4.78, 5) is 12.7. The second-order valence-corrected chi connectivity index (χ2v) is 9.87. The maximum Gasteiger partial charge on any atom is 0.430 e. The van der Waals surface area contributed by atoms with Gasteiger partial charge in [-0.05, 0) is 35.4 Å². The zero-order chi connectivity index (χ0) is 26.2. The third-order valence-corrected chi connectivity index (χ3v) is 7.17. The van der Waals surface area contributed by atoms with Crippen LogP contribution in [0.5, 0.6) is 0 Å². The molecule has 0 saturated heterocycles. The highest BCUT2D eigenvalue weighted by molar-refractivity contribution is 7.91. The SMILES string of the molecule is COCCS(=O)(=O)c1ccc2c(c1)CNC2C(=O)Nc1ccc(C(O)(C(F)(F)F)C(F)(F)F)cc1. The third-order valence-electron chi connectivity index (χ3n) is 5.49. The molecule has 3 rings (SSSR count). The number of hydrogen-bond donors (Lipinski definition) is 3. The van der Waals surface area contributed by atoms with Crippen LogP contribution in [0.1, 0.15) is 22.7 Å². The van der Waals surface area contributed by atoms with Gasteiger partial charge in [0.2, 0.25) is 5.91 Å². The molecule has 0 aromatic heterocycles. The molecule has 35 heavy (non-hydrogen) atoms. The van der Waals surface area contributed by atoms with E-state index < -0.39 is 45.3 Å². The average molecular weight is 526 g/mol. The second-order valence-electron chi connectivity index (χ2n) is 7.76. The van der Waals surface area contributed by atoms with Crippen molar-refractivity contribution >= 4 is 21.4 Å². The molecule has 1 unspecified atom stereocenters. The predicted molar refractivity (Wildman–Crippen MR) is 111 cm³/mol. The zero-order valence-electron chi connectivity index (χ0n) is 18.0. The molecule has 1 heterocycles. The highest BCUT2D eigenvalue weighted by Gasteiger charge is 2.71. The first-order valence-corrected chi connectivity index (χ1v) is 11.6. The van der Waals surface area contributed by atoms with E-state index in [0.717, 1.165) is 12.1 Å². The van der Waals surface area contributed by atoms with Gasteiger partial charge in [-0.25, -0.2) is 8.42 Å². The Morgan fingerprint density at radius 3 is 2.23 bits per heavy atom. The highest BCUT2D eigenvalue weighted by atomic mass is 32.2. The summed E-state index contributed by atoms with van der Waals surface area (Å²) in [6, 6.07) is 5.71. The van der Waals surface area contributed by atoms with E-state index in [1.54, 1.807) is 0 Å². The molecule has 0 spiro atoms. The van der Waals surface area contributed by atoms with Gasteiger partial charge in [-0.3, -0.25) is 10.1 Å². The second kappa shape index (κ2) is 9.41. The van der Waals surface area contributed by atoms with E-state index in [9.17, 15) is 44.7 Å². The summed E-state index contributed by atoms with van der Waals surface area (Å²) in [6.07, 6.45) is -12.0. The van der Waals surface area contributed by atoms with E-state index >= 15 is 0 Å². The minimum Gasteiger partial charge on any atom is -0.384 e. The van der Waals surface area contributed by atoms with Crippen molar-refractivity contribution in [3.63, 3.8) is 0 Å². The van der Waals surface area contributed by atoms with Gasteiger partial charge in [0.05, 0.1) is 17.3 Å². The fourth-order valence-corrected chi connectivity index (χ4v) is 4.79. The lowest BCUT2D eigenvalue weighted by molar-refractivity contribution is -0.376. The van der Waals surface area contributed by atoms with Gasteiger partial charge in [-0.2, -0.15) is 26.3 Å². The first-order chi connectivity index (χ1) is 16.1. The van der Waals surface area contributed by atoms with Gasteiger partial charge < -0.3 is 15.2 Å². The molecule has 7 nitrogen and oxygen atoms in total. The standard InChI is InChI=1S/C21H20F6N2O5S/c1-34-8-9-35(32,33)15-6-7-16-12(10-15)11-28-17(16)18(30)29-14-4-2-13(3-5-14)19(31,20(22,23)24)21(25,26)27/h2-7,10,17,28,31H,8-9,11H2,1H3,(H,29,30). The maximum atomic E-state index is 13.0. The Labute approximate surface area is 196 Å². The molecule has 1 aliphatic heterocycles. The Morgan fingerprint density at radius 2 is 1.69 bits per heavy atom. The minimum absolute atomic E-state index is 0.00479. The molecule has 1 amide bonds. The number of rotatable bonds is 7. The van der Waals surface area contributed by atoms with Gasteiger partial charge in [-0.15, -0.1) is 0 Å². The molecule has 0 aliphatic carbocycles. The number of alkyl halides is 6. The van der Waals surface area contributed by atoms with E-state index in [1.807, 2.05) is 0 Å². The van der Waals surface area contributed by atoms with Crippen LogP contribution in [0.4, 0.5) is 32.0 Å². The normalized spacial score (nSPS) is 16.7. The first-order valence-electron chi connectivity index (χ1n) is 9.97. The van der Waals surface area contributed by atoms with Crippen LogP contribution < -0.4 is 10.6 Å². The summed E-state index contributed by atoms with van der Waals surface area (Å²) in [5.74, 6) is -0.902. The van der Waals surface area contributed by atoms with E-state index in [-0.39, 0.29) is 29.5 Å². The van der Waals surface area contributed by atoms with Crippen LogP contribution in [0.25, 0.3) is 0 Å². The molecule has 0 radical (unpaired) electrons. The van der Waals surface area contributed by atoms with Crippen LogP contribution in [0.2, 0.25) is 0 Å². The Balaban J connectivity index is 1.78. The quantitative estimate of drug-likeness (QED) is 0.479. The number of nitrogens with one attached hydrogen (secondary N) is 2.